The minimum absolute atomic E-state index is 0.319. The first-order valence-electron chi connectivity index (χ1n) is 10.3. The maximum atomic E-state index is 13.5. The molecule has 0 radical (unpaired) electrons. The van der Waals surface area contributed by atoms with E-state index in [9.17, 15) is 17.6 Å². The molecule has 0 aliphatic heterocycles. The highest BCUT2D eigenvalue weighted by Gasteiger charge is 2.19. The van der Waals surface area contributed by atoms with E-state index in [0.29, 0.717) is 44.7 Å². The highest BCUT2D eigenvalue weighted by Crippen LogP contribution is 2.29. The van der Waals surface area contributed by atoms with E-state index in [2.05, 4.69) is 25.8 Å². The molecule has 0 aliphatic rings. The molecule has 1 amide bonds. The molecule has 5 aromatic rings. The monoisotopic (exact) mass is 495 g/mol. The smallest absolute Gasteiger partial charge is 0.409 e. The van der Waals surface area contributed by atoms with Gasteiger partial charge in [-0.25, -0.2) is 27.1 Å². The van der Waals surface area contributed by atoms with Crippen LogP contribution in [0.25, 0.3) is 16.4 Å². The lowest BCUT2D eigenvalue weighted by Crippen LogP contribution is -2.16. The summed E-state index contributed by atoms with van der Waals surface area (Å²) in [4.78, 5) is 15.3. The van der Waals surface area contributed by atoms with Crippen LogP contribution in [0.5, 0.6) is 0 Å². The molecule has 3 aromatic heterocycles. The van der Waals surface area contributed by atoms with Crippen molar-refractivity contribution in [2.75, 3.05) is 10.6 Å². The van der Waals surface area contributed by atoms with Gasteiger partial charge in [-0.1, -0.05) is 12.1 Å². The first-order chi connectivity index (χ1) is 16.7. The Morgan fingerprint density at radius 1 is 1.17 bits per heavy atom. The van der Waals surface area contributed by atoms with Crippen LogP contribution in [0.4, 0.5) is 26.4 Å². The predicted molar refractivity (Wildman–Crippen MR) is 127 cm³/mol. The van der Waals surface area contributed by atoms with E-state index in [4.69, 9.17) is 5.11 Å². The normalized spacial score (nSPS) is 11.7. The number of aromatic nitrogens is 5. The zero-order valence-electron chi connectivity index (χ0n) is 18.2. The number of benzene rings is 2. The number of aryl methyl sites for hydroxylation is 1. The number of nitrogens with zero attached hydrogens (tertiary/aromatic N) is 5. The fourth-order valence-corrected chi connectivity index (χ4v) is 5.22. The molecule has 0 saturated heterocycles. The Morgan fingerprint density at radius 2 is 2.00 bits per heavy atom. The number of nitrogens with one attached hydrogen (secondary N) is 2. The van der Waals surface area contributed by atoms with Gasteiger partial charge in [-0.2, -0.15) is 14.3 Å². The predicted octanol–water partition coefficient (Wildman–Crippen LogP) is 3.74. The Hall–Kier alpha value is -4.52. The summed E-state index contributed by atoms with van der Waals surface area (Å²) in [6.45, 7) is 1.74. The van der Waals surface area contributed by atoms with Gasteiger partial charge in [0.2, 0.25) is 0 Å². The Balaban J connectivity index is 1.46. The molecule has 11 nitrogen and oxygen atoms in total. The van der Waals surface area contributed by atoms with E-state index in [-0.39, 0.29) is 0 Å². The van der Waals surface area contributed by atoms with Gasteiger partial charge in [0.25, 0.3) is 10.0 Å². The number of anilines is 3. The van der Waals surface area contributed by atoms with Crippen molar-refractivity contribution >= 4 is 49.7 Å². The van der Waals surface area contributed by atoms with Crippen LogP contribution in [0, 0.1) is 12.7 Å². The summed E-state index contributed by atoms with van der Waals surface area (Å²) >= 11 is 0. The van der Waals surface area contributed by atoms with Crippen LogP contribution in [-0.4, -0.2) is 43.4 Å². The van der Waals surface area contributed by atoms with Crippen LogP contribution in [0.1, 0.15) is 11.1 Å². The van der Waals surface area contributed by atoms with Gasteiger partial charge in [0.15, 0.2) is 5.82 Å². The average molecular weight is 495 g/mol. The first-order valence-corrected chi connectivity index (χ1v) is 11.9. The lowest BCUT2D eigenvalue weighted by molar-refractivity contribution is 0.209. The van der Waals surface area contributed by atoms with Crippen molar-refractivity contribution in [2.45, 2.75) is 12.7 Å². The number of fused-ring (bicyclic) bond motifs is 2. The molecule has 3 heterocycles. The minimum Gasteiger partial charge on any atom is -0.465 e. The van der Waals surface area contributed by atoms with Crippen molar-refractivity contribution in [3.05, 3.63) is 78.1 Å². The SMILES string of the molecule is Cc1c(NC(=O)O)cn2ncnc(Nc3ccc4c(cnn4S(=O)(=O)Cc4cccc(F)c4)c3)c12. The fraction of sp³-hybridized carbons (Fsp3) is 0.0909. The van der Waals surface area contributed by atoms with E-state index in [1.54, 1.807) is 31.3 Å². The zero-order valence-corrected chi connectivity index (χ0v) is 19.0. The summed E-state index contributed by atoms with van der Waals surface area (Å²) in [5, 5.41) is 23.3. The Kier molecular flexibility index (Phi) is 5.32. The summed E-state index contributed by atoms with van der Waals surface area (Å²) in [6, 6.07) is 10.4. The quantitative estimate of drug-likeness (QED) is 0.323. The van der Waals surface area contributed by atoms with Gasteiger partial charge in [-0.15, -0.1) is 0 Å². The summed E-state index contributed by atoms with van der Waals surface area (Å²) in [5.74, 6) is -0.483. The van der Waals surface area contributed by atoms with Crippen molar-refractivity contribution in [3.8, 4) is 0 Å². The molecule has 0 fully saturated rings. The number of halogens is 1. The van der Waals surface area contributed by atoms with E-state index in [1.807, 2.05) is 0 Å². The van der Waals surface area contributed by atoms with Crippen LogP contribution in [0.2, 0.25) is 0 Å². The summed E-state index contributed by atoms with van der Waals surface area (Å²) in [6.07, 6.45) is 3.11. The van der Waals surface area contributed by atoms with Crippen LogP contribution in [0.15, 0.2) is 61.2 Å². The summed E-state index contributed by atoms with van der Waals surface area (Å²) in [7, 11) is -3.89. The van der Waals surface area contributed by atoms with Crippen LogP contribution in [0.3, 0.4) is 0 Å². The van der Waals surface area contributed by atoms with Gasteiger partial charge in [-0.05, 0) is 42.8 Å². The minimum atomic E-state index is -3.89. The molecule has 0 bridgehead atoms. The van der Waals surface area contributed by atoms with Gasteiger partial charge in [-0.3, -0.25) is 5.32 Å². The molecule has 0 spiro atoms. The van der Waals surface area contributed by atoms with Crippen molar-refractivity contribution in [1.29, 1.82) is 0 Å². The van der Waals surface area contributed by atoms with E-state index in [0.717, 1.165) is 4.09 Å². The summed E-state index contributed by atoms with van der Waals surface area (Å²) in [5.41, 5.74) is 2.87. The third-order valence-electron chi connectivity index (χ3n) is 5.37. The van der Waals surface area contributed by atoms with Gasteiger partial charge < -0.3 is 10.4 Å². The first kappa shape index (κ1) is 22.3. The van der Waals surface area contributed by atoms with Crippen molar-refractivity contribution in [3.63, 3.8) is 0 Å². The second kappa shape index (κ2) is 8.36. The molecule has 0 unspecified atom stereocenters. The molecule has 0 atom stereocenters. The standard InChI is InChI=1S/C22H18FN7O4S/c1-13-18(28-22(31)32)10-29-20(13)21(24-12-26-29)27-17-5-6-19-15(8-17)9-25-30(19)35(33,34)11-14-3-2-4-16(23)7-14/h2-10,12,28H,11H2,1H3,(H,31,32)(H,24,26,27). The highest BCUT2D eigenvalue weighted by atomic mass is 32.2. The van der Waals surface area contributed by atoms with Crippen LogP contribution < -0.4 is 10.6 Å². The van der Waals surface area contributed by atoms with Gasteiger partial charge in [0.1, 0.15) is 17.7 Å². The van der Waals surface area contributed by atoms with Crippen molar-refractivity contribution in [2.24, 2.45) is 0 Å². The third kappa shape index (κ3) is 4.24. The van der Waals surface area contributed by atoms with E-state index >= 15 is 0 Å². The number of carboxylic acid groups (broad SMARTS) is 1. The molecule has 5 rings (SSSR count). The van der Waals surface area contributed by atoms with Gasteiger partial charge in [0, 0.05) is 16.6 Å². The lowest BCUT2D eigenvalue weighted by Gasteiger charge is -2.09. The second-order valence-electron chi connectivity index (χ2n) is 7.77. The Morgan fingerprint density at radius 3 is 2.77 bits per heavy atom. The molecule has 3 N–H and O–H groups in total. The Bertz CT molecular complexity index is 1710. The van der Waals surface area contributed by atoms with Crippen LogP contribution >= 0.6 is 0 Å². The van der Waals surface area contributed by atoms with E-state index in [1.165, 1.54) is 41.3 Å². The molecule has 0 aliphatic carbocycles. The average Bonchev–Trinajstić information content (AvgIpc) is 3.35. The van der Waals surface area contributed by atoms with Gasteiger partial charge in [0.05, 0.1) is 29.4 Å². The van der Waals surface area contributed by atoms with E-state index < -0.39 is 27.7 Å². The molecular formula is C22H18FN7O4S. The number of amides is 1. The van der Waals surface area contributed by atoms with Crippen molar-refractivity contribution in [1.82, 2.24) is 23.8 Å². The molecule has 35 heavy (non-hydrogen) atoms. The maximum absolute atomic E-state index is 13.5. The number of hydrogen-bond acceptors (Lipinski definition) is 7. The highest BCUT2D eigenvalue weighted by molar-refractivity contribution is 7.89. The van der Waals surface area contributed by atoms with Gasteiger partial charge >= 0.3 is 6.09 Å². The topological polar surface area (TPSA) is 144 Å². The summed E-state index contributed by atoms with van der Waals surface area (Å²) < 4.78 is 41.8. The molecule has 0 saturated carbocycles. The molecular weight excluding hydrogens is 477 g/mol. The zero-order chi connectivity index (χ0) is 24.7. The second-order valence-corrected chi connectivity index (χ2v) is 9.57. The van der Waals surface area contributed by atoms with Crippen molar-refractivity contribution < 1.29 is 22.7 Å². The molecule has 178 valence electrons. The maximum Gasteiger partial charge on any atom is 0.409 e. The number of carbonyl (C=O) groups is 1. The lowest BCUT2D eigenvalue weighted by atomic mass is 10.2. The number of rotatable bonds is 6. The third-order valence-corrected chi connectivity index (χ3v) is 6.88. The molecule has 2 aromatic carbocycles. The Labute approximate surface area is 197 Å². The largest absolute Gasteiger partial charge is 0.465 e. The molecule has 13 heteroatoms. The fourth-order valence-electron chi connectivity index (χ4n) is 3.84. The van der Waals surface area contributed by atoms with Crippen LogP contribution in [-0.2, 0) is 15.8 Å². The number of hydrogen-bond donors (Lipinski definition) is 3.